The zero-order valence-electron chi connectivity index (χ0n) is 18.9. The van der Waals surface area contributed by atoms with Gasteiger partial charge in [0.2, 0.25) is 0 Å². The van der Waals surface area contributed by atoms with Gasteiger partial charge >= 0.3 is 6.09 Å². The van der Waals surface area contributed by atoms with Gasteiger partial charge in [-0.15, -0.1) is 11.3 Å². The molecule has 0 fully saturated rings. The number of carbonyl (C=O) groups excluding carboxylic acids is 1. The van der Waals surface area contributed by atoms with E-state index in [4.69, 9.17) is 9.47 Å². The maximum absolute atomic E-state index is 13.3. The van der Waals surface area contributed by atoms with E-state index in [1.807, 2.05) is 32.2 Å². The van der Waals surface area contributed by atoms with Crippen LogP contribution in [0, 0.1) is 5.41 Å². The van der Waals surface area contributed by atoms with E-state index in [0.29, 0.717) is 29.4 Å². The number of carbonyl (C=O) groups is 1. The molecule has 0 saturated heterocycles. The van der Waals surface area contributed by atoms with E-state index >= 15 is 0 Å². The Morgan fingerprint density at radius 1 is 1.21 bits per heavy atom. The van der Waals surface area contributed by atoms with Gasteiger partial charge in [-0.3, -0.25) is 14.3 Å². The minimum Gasteiger partial charge on any atom is -0.489 e. The highest BCUT2D eigenvalue weighted by Gasteiger charge is 2.29. The summed E-state index contributed by atoms with van der Waals surface area (Å²) in [5.74, 6) is 1.01. The second-order valence-electron chi connectivity index (χ2n) is 9.51. The number of ether oxygens (including phenoxy) is 2. The van der Waals surface area contributed by atoms with Crippen molar-refractivity contribution in [2.75, 3.05) is 18.6 Å². The molecule has 2 aromatic rings. The number of anilines is 1. The van der Waals surface area contributed by atoms with E-state index in [0.717, 1.165) is 18.2 Å². The first-order valence-corrected chi connectivity index (χ1v) is 11.0. The van der Waals surface area contributed by atoms with Crippen LogP contribution in [0.5, 0.6) is 5.75 Å². The van der Waals surface area contributed by atoms with Gasteiger partial charge in [0.05, 0.1) is 6.61 Å². The lowest BCUT2D eigenvalue weighted by Gasteiger charge is -2.30. The first-order valence-electron chi connectivity index (χ1n) is 10.1. The summed E-state index contributed by atoms with van der Waals surface area (Å²) >= 11 is 1.40. The molecule has 0 bridgehead atoms. The van der Waals surface area contributed by atoms with Gasteiger partial charge in [0.1, 0.15) is 10.3 Å². The van der Waals surface area contributed by atoms with Gasteiger partial charge in [0.25, 0.3) is 5.56 Å². The zero-order valence-corrected chi connectivity index (χ0v) is 19.7. The Morgan fingerprint density at radius 2 is 1.86 bits per heavy atom. The van der Waals surface area contributed by atoms with Crippen LogP contribution in [0.25, 0.3) is 10.1 Å². The smallest absolute Gasteiger partial charge is 0.415 e. The van der Waals surface area contributed by atoms with Crippen LogP contribution in [0.4, 0.5) is 10.6 Å². The molecule has 29 heavy (non-hydrogen) atoms. The van der Waals surface area contributed by atoms with Gasteiger partial charge < -0.3 is 9.47 Å². The summed E-state index contributed by atoms with van der Waals surface area (Å²) in [6, 6.07) is 1.89. The van der Waals surface area contributed by atoms with Gasteiger partial charge in [0, 0.05) is 19.0 Å². The van der Waals surface area contributed by atoms with Crippen LogP contribution < -0.4 is 15.2 Å². The summed E-state index contributed by atoms with van der Waals surface area (Å²) in [4.78, 5) is 27.6. The maximum atomic E-state index is 13.3. The predicted molar refractivity (Wildman–Crippen MR) is 121 cm³/mol. The molecule has 6 nitrogen and oxygen atoms in total. The Labute approximate surface area is 177 Å². The van der Waals surface area contributed by atoms with E-state index < -0.39 is 11.7 Å². The molecule has 0 aliphatic carbocycles. The molecular weight excluding hydrogens is 388 g/mol. The SMILES string of the molecule is CCCCOc1c(N(C)C(=O)OC(C)(C)C)n(CC(C)(C)C)c(=O)c2sccc12. The van der Waals surface area contributed by atoms with Gasteiger partial charge in [0.15, 0.2) is 11.6 Å². The van der Waals surface area contributed by atoms with Crippen molar-refractivity contribution in [3.05, 3.63) is 21.8 Å². The molecule has 2 heterocycles. The second-order valence-corrected chi connectivity index (χ2v) is 10.4. The largest absolute Gasteiger partial charge is 0.489 e. The normalized spacial score (nSPS) is 12.3. The molecule has 7 heteroatoms. The maximum Gasteiger partial charge on any atom is 0.415 e. The lowest BCUT2D eigenvalue weighted by molar-refractivity contribution is 0.0585. The van der Waals surface area contributed by atoms with Crippen LogP contribution in [-0.4, -0.2) is 29.9 Å². The highest BCUT2D eigenvalue weighted by molar-refractivity contribution is 7.17. The molecule has 162 valence electrons. The molecule has 0 aromatic carbocycles. The van der Waals surface area contributed by atoms with Gasteiger partial charge in [-0.05, 0) is 44.1 Å². The van der Waals surface area contributed by atoms with Crippen LogP contribution in [0.15, 0.2) is 16.2 Å². The summed E-state index contributed by atoms with van der Waals surface area (Å²) in [7, 11) is 1.63. The zero-order chi connectivity index (χ0) is 22.0. The van der Waals surface area contributed by atoms with E-state index in [1.165, 1.54) is 16.2 Å². The fourth-order valence-electron chi connectivity index (χ4n) is 2.95. The van der Waals surface area contributed by atoms with Gasteiger partial charge in [-0.25, -0.2) is 4.79 Å². The monoisotopic (exact) mass is 422 g/mol. The second kappa shape index (κ2) is 8.78. The van der Waals surface area contributed by atoms with E-state index in [9.17, 15) is 9.59 Å². The third-order valence-corrected chi connectivity index (χ3v) is 5.07. The van der Waals surface area contributed by atoms with Crippen molar-refractivity contribution in [1.82, 2.24) is 4.57 Å². The Balaban J connectivity index is 2.72. The quantitative estimate of drug-likeness (QED) is 0.564. The Bertz CT molecular complexity index is 916. The van der Waals surface area contributed by atoms with Crippen LogP contribution in [-0.2, 0) is 11.3 Å². The molecule has 0 N–H and O–H groups in total. The first-order chi connectivity index (χ1) is 13.4. The van der Waals surface area contributed by atoms with Crippen molar-refractivity contribution in [1.29, 1.82) is 0 Å². The number of rotatable bonds is 6. The number of hydrogen-bond donors (Lipinski definition) is 0. The van der Waals surface area contributed by atoms with Gasteiger partial charge in [-0.2, -0.15) is 0 Å². The lowest BCUT2D eigenvalue weighted by Crippen LogP contribution is -2.39. The minimum atomic E-state index is -0.643. The Morgan fingerprint density at radius 3 is 2.41 bits per heavy atom. The Hall–Kier alpha value is -2.02. The average Bonchev–Trinajstić information content (AvgIpc) is 3.05. The predicted octanol–water partition coefficient (Wildman–Crippen LogP) is 5.66. The highest BCUT2D eigenvalue weighted by atomic mass is 32.1. The number of nitrogens with zero attached hydrogens (tertiary/aromatic N) is 2. The molecule has 0 aliphatic rings. The topological polar surface area (TPSA) is 60.8 Å². The van der Waals surface area contributed by atoms with Crippen molar-refractivity contribution in [2.24, 2.45) is 5.41 Å². The number of fused-ring (bicyclic) bond motifs is 1. The number of amides is 1. The summed E-state index contributed by atoms with van der Waals surface area (Å²) < 4.78 is 14.0. The lowest BCUT2D eigenvalue weighted by atomic mass is 9.96. The Kier molecular flexibility index (Phi) is 7.04. The summed E-state index contributed by atoms with van der Waals surface area (Å²) in [6.07, 6.45) is 1.36. The first kappa shape index (κ1) is 23.3. The van der Waals surface area contributed by atoms with Crippen LogP contribution in [0.1, 0.15) is 61.3 Å². The van der Waals surface area contributed by atoms with Crippen molar-refractivity contribution >= 4 is 33.3 Å². The van der Waals surface area contributed by atoms with Crippen LogP contribution >= 0.6 is 11.3 Å². The fraction of sp³-hybridized carbons (Fsp3) is 0.636. The standard InChI is InChI=1S/C22H34N2O4S/c1-9-10-12-27-16-15-11-13-29-17(15)19(25)24(14-21(2,3)4)18(16)23(8)20(26)28-22(5,6)7/h11,13H,9-10,12,14H2,1-8H3. The average molecular weight is 423 g/mol. The van der Waals surface area contributed by atoms with E-state index in [2.05, 4.69) is 27.7 Å². The van der Waals surface area contributed by atoms with Crippen molar-refractivity contribution in [3.8, 4) is 5.75 Å². The molecule has 0 radical (unpaired) electrons. The summed E-state index contributed by atoms with van der Waals surface area (Å²) in [6.45, 7) is 14.7. The molecule has 2 rings (SSSR count). The summed E-state index contributed by atoms with van der Waals surface area (Å²) in [5, 5.41) is 2.63. The fourth-order valence-corrected chi connectivity index (χ4v) is 3.79. The number of aromatic nitrogens is 1. The van der Waals surface area contributed by atoms with E-state index in [-0.39, 0.29) is 11.0 Å². The molecule has 2 aromatic heterocycles. The van der Waals surface area contributed by atoms with E-state index in [1.54, 1.807) is 11.6 Å². The minimum absolute atomic E-state index is 0.113. The number of thiophene rings is 1. The third kappa shape index (κ3) is 5.75. The number of hydrogen-bond acceptors (Lipinski definition) is 5. The van der Waals surface area contributed by atoms with Gasteiger partial charge in [-0.1, -0.05) is 34.1 Å². The molecule has 0 saturated carbocycles. The third-order valence-electron chi connectivity index (χ3n) is 4.17. The van der Waals surface area contributed by atoms with Crippen molar-refractivity contribution in [2.45, 2.75) is 73.5 Å². The molecule has 0 aliphatic heterocycles. The molecule has 0 unspecified atom stereocenters. The van der Waals surface area contributed by atoms with Crippen molar-refractivity contribution in [3.63, 3.8) is 0 Å². The molecule has 0 atom stereocenters. The molecule has 1 amide bonds. The molecular formula is C22H34N2O4S. The van der Waals surface area contributed by atoms with Crippen LogP contribution in [0.3, 0.4) is 0 Å². The molecule has 0 spiro atoms. The summed E-state index contributed by atoms with van der Waals surface area (Å²) in [5.41, 5.74) is -0.923. The highest BCUT2D eigenvalue weighted by Crippen LogP contribution is 2.38. The number of unbranched alkanes of at least 4 members (excludes halogenated alkanes) is 1. The number of pyridine rings is 1. The van der Waals surface area contributed by atoms with Crippen molar-refractivity contribution < 1.29 is 14.3 Å². The van der Waals surface area contributed by atoms with Crippen LogP contribution in [0.2, 0.25) is 0 Å².